The number of methoxy groups -OCH3 is 1. The van der Waals surface area contributed by atoms with Crippen LogP contribution in [0.1, 0.15) is 58.3 Å². The maximum absolute atomic E-state index is 10.9. The molecule has 0 saturated heterocycles. The van der Waals surface area contributed by atoms with Crippen molar-refractivity contribution in [3.8, 4) is 0 Å². The number of rotatable bonds is 5. The van der Waals surface area contributed by atoms with E-state index in [9.17, 15) is 5.11 Å². The van der Waals surface area contributed by atoms with E-state index in [2.05, 4.69) is 35.3 Å². The summed E-state index contributed by atoms with van der Waals surface area (Å²) in [6.07, 6.45) is 17.7. The average molecular weight is 411 g/mol. The Bertz CT molecular complexity index is 815. The Kier molecular flexibility index (Phi) is 5.22. The summed E-state index contributed by atoms with van der Waals surface area (Å²) >= 11 is 0. The van der Waals surface area contributed by atoms with Gasteiger partial charge < -0.3 is 14.4 Å². The maximum Gasteiger partial charge on any atom is 0.0948 e. The minimum absolute atomic E-state index is 0.398. The number of nitrogens with zero attached hydrogens (tertiary/aromatic N) is 2. The van der Waals surface area contributed by atoms with Gasteiger partial charge in [0.1, 0.15) is 0 Å². The van der Waals surface area contributed by atoms with Crippen LogP contribution in [0, 0.1) is 35.0 Å². The fraction of sp³-hybridized carbons (Fsp3) is 0.731. The summed E-state index contributed by atoms with van der Waals surface area (Å²) in [4.78, 5) is 4.20. The molecule has 1 N–H and O–H groups in total. The number of aliphatic hydroxyl groups is 1. The molecule has 3 saturated carbocycles. The van der Waals surface area contributed by atoms with Crippen molar-refractivity contribution in [3.63, 3.8) is 0 Å². The second-order valence-corrected chi connectivity index (χ2v) is 11.0. The van der Waals surface area contributed by atoms with E-state index >= 15 is 0 Å². The molecule has 1 aromatic rings. The van der Waals surface area contributed by atoms with Crippen LogP contribution in [0.3, 0.4) is 0 Å². The zero-order valence-electron chi connectivity index (χ0n) is 18.7. The summed E-state index contributed by atoms with van der Waals surface area (Å²) in [6, 6.07) is 0. The van der Waals surface area contributed by atoms with Crippen LogP contribution < -0.4 is 0 Å². The standard InChI is InChI=1S/C26H38N2O2/c1-18(15-28-13-12-27-17-28)23-6-7-24-22-5-4-19-14-26(29,16-30-3)11-9-20(19)21(22)8-10-25(23,24)2/h4,12-13,17,20-24,29H,1,5-11,14-16H2,2-3H3/t20-,21+,22+,23+,24-,25+,26+/m0/s1. The van der Waals surface area contributed by atoms with Crippen molar-refractivity contribution in [1.82, 2.24) is 9.55 Å². The largest absolute Gasteiger partial charge is 0.387 e. The van der Waals surface area contributed by atoms with E-state index in [1.807, 2.05) is 12.5 Å². The Balaban J connectivity index is 1.33. The SMILES string of the molecule is C=C(Cn1ccnc1)[C@H]1CC[C@H]2[C@@H]3CC=C4C[C@@](O)(COC)CC[C@@H]4[C@H]3CC[C@]12C. The normalized spacial score (nSPS) is 42.8. The van der Waals surface area contributed by atoms with Crippen molar-refractivity contribution < 1.29 is 9.84 Å². The van der Waals surface area contributed by atoms with Crippen LogP contribution >= 0.6 is 0 Å². The molecule has 4 aliphatic rings. The molecule has 0 unspecified atom stereocenters. The number of hydrogen-bond donors (Lipinski definition) is 1. The minimum Gasteiger partial charge on any atom is -0.387 e. The topological polar surface area (TPSA) is 47.3 Å². The van der Waals surface area contributed by atoms with E-state index in [0.717, 1.165) is 43.6 Å². The Morgan fingerprint density at radius 1 is 1.27 bits per heavy atom. The molecule has 0 bridgehead atoms. The monoisotopic (exact) mass is 410 g/mol. The number of imidazole rings is 1. The summed E-state index contributed by atoms with van der Waals surface area (Å²) in [5, 5.41) is 10.9. The van der Waals surface area contributed by atoms with Crippen molar-refractivity contribution in [2.45, 2.75) is 70.4 Å². The van der Waals surface area contributed by atoms with Gasteiger partial charge in [-0.3, -0.25) is 0 Å². The number of allylic oxidation sites excluding steroid dienone is 2. The van der Waals surface area contributed by atoms with Gasteiger partial charge in [-0.25, -0.2) is 4.98 Å². The maximum atomic E-state index is 10.9. The highest BCUT2D eigenvalue weighted by molar-refractivity contribution is 5.23. The zero-order valence-corrected chi connectivity index (χ0v) is 18.7. The number of hydrogen-bond acceptors (Lipinski definition) is 3. The summed E-state index contributed by atoms with van der Waals surface area (Å²) in [5.74, 6) is 3.78. The smallest absolute Gasteiger partial charge is 0.0948 e. The van der Waals surface area contributed by atoms with Crippen molar-refractivity contribution in [2.24, 2.45) is 35.0 Å². The van der Waals surface area contributed by atoms with Crippen LogP contribution in [0.4, 0.5) is 0 Å². The zero-order chi connectivity index (χ0) is 20.9. The number of aromatic nitrogens is 2. The van der Waals surface area contributed by atoms with Crippen molar-refractivity contribution in [1.29, 1.82) is 0 Å². The lowest BCUT2D eigenvalue weighted by atomic mass is 9.51. The summed E-state index contributed by atoms with van der Waals surface area (Å²) in [5.41, 5.74) is 2.68. The third kappa shape index (κ3) is 3.31. The predicted octanol–water partition coefficient (Wildman–Crippen LogP) is 5.01. The highest BCUT2D eigenvalue weighted by atomic mass is 16.5. The Morgan fingerprint density at radius 2 is 2.13 bits per heavy atom. The van der Waals surface area contributed by atoms with Gasteiger partial charge in [-0.15, -0.1) is 0 Å². The highest BCUT2D eigenvalue weighted by Gasteiger charge is 2.56. The second kappa shape index (κ2) is 7.63. The first kappa shape index (κ1) is 20.5. The lowest BCUT2D eigenvalue weighted by molar-refractivity contribution is -0.0676. The Labute approximate surface area is 181 Å². The molecule has 4 aliphatic carbocycles. The molecular weight excluding hydrogens is 372 g/mol. The Hall–Kier alpha value is -1.39. The molecule has 30 heavy (non-hydrogen) atoms. The summed E-state index contributed by atoms with van der Waals surface area (Å²) in [7, 11) is 1.70. The Morgan fingerprint density at radius 3 is 2.90 bits per heavy atom. The molecule has 1 heterocycles. The van der Waals surface area contributed by atoms with Gasteiger partial charge in [0.2, 0.25) is 0 Å². The molecule has 5 rings (SSSR count). The van der Waals surface area contributed by atoms with E-state index in [-0.39, 0.29) is 0 Å². The van der Waals surface area contributed by atoms with Gasteiger partial charge in [0.05, 0.1) is 18.5 Å². The van der Waals surface area contributed by atoms with Gasteiger partial charge >= 0.3 is 0 Å². The van der Waals surface area contributed by atoms with Crippen molar-refractivity contribution in [3.05, 3.63) is 42.5 Å². The van der Waals surface area contributed by atoms with Crippen LogP contribution in [0.5, 0.6) is 0 Å². The van der Waals surface area contributed by atoms with Gasteiger partial charge in [0.15, 0.2) is 0 Å². The van der Waals surface area contributed by atoms with E-state index in [1.54, 1.807) is 7.11 Å². The summed E-state index contributed by atoms with van der Waals surface area (Å²) in [6.45, 7) is 8.50. The lowest BCUT2D eigenvalue weighted by Crippen LogP contribution is -2.48. The van der Waals surface area contributed by atoms with E-state index in [4.69, 9.17) is 4.74 Å². The van der Waals surface area contributed by atoms with Crippen molar-refractivity contribution >= 4 is 0 Å². The first-order chi connectivity index (χ1) is 14.4. The third-order valence-electron chi connectivity index (χ3n) is 9.44. The molecule has 0 aromatic carbocycles. The molecule has 0 aliphatic heterocycles. The first-order valence-corrected chi connectivity index (χ1v) is 12.0. The molecular formula is C26H38N2O2. The minimum atomic E-state index is -0.642. The second-order valence-electron chi connectivity index (χ2n) is 11.0. The molecule has 0 spiro atoms. The van der Waals surface area contributed by atoms with Crippen LogP contribution in [-0.4, -0.2) is 34.0 Å². The molecule has 7 atom stereocenters. The average Bonchev–Trinajstić information content (AvgIpc) is 3.34. The molecule has 0 amide bonds. The van der Waals surface area contributed by atoms with Gasteiger partial charge in [-0.1, -0.05) is 30.7 Å². The van der Waals surface area contributed by atoms with E-state index in [0.29, 0.717) is 23.9 Å². The molecule has 164 valence electrons. The third-order valence-corrected chi connectivity index (χ3v) is 9.44. The van der Waals surface area contributed by atoms with Gasteiger partial charge in [0, 0.05) is 26.0 Å². The fourth-order valence-corrected chi connectivity index (χ4v) is 8.15. The number of fused-ring (bicyclic) bond motifs is 5. The quantitative estimate of drug-likeness (QED) is 0.695. The first-order valence-electron chi connectivity index (χ1n) is 12.0. The van der Waals surface area contributed by atoms with Gasteiger partial charge in [0.25, 0.3) is 0 Å². The van der Waals surface area contributed by atoms with Gasteiger partial charge in [-0.05, 0) is 86.4 Å². The van der Waals surface area contributed by atoms with E-state index < -0.39 is 5.60 Å². The van der Waals surface area contributed by atoms with Crippen molar-refractivity contribution in [2.75, 3.05) is 13.7 Å². The van der Waals surface area contributed by atoms with Crippen LogP contribution in [0.25, 0.3) is 0 Å². The molecule has 4 heteroatoms. The molecule has 3 fully saturated rings. The highest BCUT2D eigenvalue weighted by Crippen LogP contribution is 2.64. The molecule has 1 aromatic heterocycles. The van der Waals surface area contributed by atoms with Crippen LogP contribution in [-0.2, 0) is 11.3 Å². The fourth-order valence-electron chi connectivity index (χ4n) is 8.15. The predicted molar refractivity (Wildman–Crippen MR) is 119 cm³/mol. The van der Waals surface area contributed by atoms with Crippen LogP contribution in [0.15, 0.2) is 42.5 Å². The van der Waals surface area contributed by atoms with E-state index in [1.165, 1.54) is 43.3 Å². The van der Waals surface area contributed by atoms with Crippen LogP contribution in [0.2, 0.25) is 0 Å². The molecule has 0 radical (unpaired) electrons. The van der Waals surface area contributed by atoms with Gasteiger partial charge in [-0.2, -0.15) is 0 Å². The number of ether oxygens (including phenoxy) is 1. The molecule has 4 nitrogen and oxygen atoms in total. The lowest BCUT2D eigenvalue weighted by Gasteiger charge is -2.54. The summed E-state index contributed by atoms with van der Waals surface area (Å²) < 4.78 is 7.49.